The summed E-state index contributed by atoms with van der Waals surface area (Å²) in [4.78, 5) is 25.1. The van der Waals surface area contributed by atoms with Crippen molar-refractivity contribution in [3.05, 3.63) is 29.3 Å². The maximum atomic E-state index is 11.9. The lowest BCUT2D eigenvalue weighted by Gasteiger charge is -2.12. The number of likely N-dealkylation sites (N-methyl/N-ethyl adjacent to an activating group) is 1. The summed E-state index contributed by atoms with van der Waals surface area (Å²) in [7, 11) is 1.70. The summed E-state index contributed by atoms with van der Waals surface area (Å²) in [6, 6.07) is 5.02. The van der Waals surface area contributed by atoms with E-state index in [9.17, 15) is 9.59 Å². The van der Waals surface area contributed by atoms with E-state index in [0.29, 0.717) is 24.2 Å². The second kappa shape index (κ2) is 4.68. The van der Waals surface area contributed by atoms with Gasteiger partial charge in [0, 0.05) is 25.7 Å². The van der Waals surface area contributed by atoms with Gasteiger partial charge in [-0.15, -0.1) is 0 Å². The van der Waals surface area contributed by atoms with Gasteiger partial charge in [-0.25, -0.2) is 4.79 Å². The number of hydrogen-bond acceptors (Lipinski definition) is 4. The molecule has 1 aromatic rings. The zero-order valence-corrected chi connectivity index (χ0v) is 10.5. The summed E-state index contributed by atoms with van der Waals surface area (Å²) >= 11 is 0. The van der Waals surface area contributed by atoms with E-state index in [4.69, 9.17) is 10.5 Å². The number of amides is 1. The van der Waals surface area contributed by atoms with Crippen LogP contribution in [0.1, 0.15) is 22.3 Å². The largest absolute Gasteiger partial charge is 0.449 e. The van der Waals surface area contributed by atoms with E-state index in [-0.39, 0.29) is 5.91 Å². The normalized spacial score (nSPS) is 19.1. The molecule has 96 valence electrons. The Bertz CT molecular complexity index is 479. The first kappa shape index (κ1) is 12.4. The van der Waals surface area contributed by atoms with E-state index in [2.05, 4.69) is 0 Å². The molecule has 0 saturated carbocycles. The summed E-state index contributed by atoms with van der Waals surface area (Å²) in [5.74, 6) is -0.650. The third kappa shape index (κ3) is 2.45. The first-order valence-electron chi connectivity index (χ1n) is 5.80. The first-order valence-corrected chi connectivity index (χ1v) is 5.80. The van der Waals surface area contributed by atoms with Crippen molar-refractivity contribution in [3.8, 4) is 0 Å². The van der Waals surface area contributed by atoms with Crippen molar-refractivity contribution in [1.82, 2.24) is 4.90 Å². The fourth-order valence-electron chi connectivity index (χ4n) is 2.03. The molecule has 2 rings (SSSR count). The molecular weight excluding hydrogens is 232 g/mol. The quantitative estimate of drug-likeness (QED) is 0.625. The molecular formula is C13H16N2O3. The van der Waals surface area contributed by atoms with Crippen molar-refractivity contribution in [3.63, 3.8) is 0 Å². The molecule has 1 amide bonds. The van der Waals surface area contributed by atoms with Crippen molar-refractivity contribution in [2.24, 2.45) is 0 Å². The number of nitrogen functional groups attached to an aromatic ring is 1. The second-order valence-electron chi connectivity index (χ2n) is 4.57. The Balaban J connectivity index is 2.10. The number of aryl methyl sites for hydroxylation is 1. The number of carbonyl (C=O) groups is 2. The van der Waals surface area contributed by atoms with Crippen molar-refractivity contribution in [2.45, 2.75) is 19.4 Å². The lowest BCUT2D eigenvalue weighted by atomic mass is 10.1. The predicted octanol–water partition coefficient (Wildman–Crippen LogP) is 0.965. The molecule has 5 heteroatoms. The third-order valence-electron chi connectivity index (χ3n) is 2.96. The number of ether oxygens (including phenoxy) is 1. The average Bonchev–Trinajstić information content (AvgIpc) is 2.59. The van der Waals surface area contributed by atoms with Gasteiger partial charge in [-0.3, -0.25) is 4.79 Å². The van der Waals surface area contributed by atoms with E-state index in [0.717, 1.165) is 5.56 Å². The van der Waals surface area contributed by atoms with Crippen LogP contribution in [0.3, 0.4) is 0 Å². The zero-order valence-electron chi connectivity index (χ0n) is 10.5. The van der Waals surface area contributed by atoms with Crippen LogP contribution >= 0.6 is 0 Å². The lowest BCUT2D eigenvalue weighted by molar-refractivity contribution is -0.133. The Morgan fingerprint density at radius 1 is 1.44 bits per heavy atom. The molecule has 1 atom stereocenters. The Kier molecular flexibility index (Phi) is 3.23. The van der Waals surface area contributed by atoms with Crippen LogP contribution in [0.25, 0.3) is 0 Å². The molecule has 1 unspecified atom stereocenters. The summed E-state index contributed by atoms with van der Waals surface area (Å²) in [5, 5.41) is 0. The van der Waals surface area contributed by atoms with Crippen molar-refractivity contribution < 1.29 is 14.3 Å². The number of benzene rings is 1. The Labute approximate surface area is 106 Å². The van der Waals surface area contributed by atoms with Gasteiger partial charge >= 0.3 is 5.97 Å². The molecule has 1 fully saturated rings. The molecule has 1 aliphatic heterocycles. The molecule has 18 heavy (non-hydrogen) atoms. The SMILES string of the molecule is Cc1cc(N)cc(C(=O)OC2CCN(C)C2=O)c1. The van der Waals surface area contributed by atoms with Gasteiger partial charge in [-0.05, 0) is 30.7 Å². The topological polar surface area (TPSA) is 72.6 Å². The molecule has 0 radical (unpaired) electrons. The number of nitrogens with zero attached hydrogens (tertiary/aromatic N) is 1. The van der Waals surface area contributed by atoms with E-state index in [1.807, 2.05) is 6.92 Å². The number of hydrogen-bond donors (Lipinski definition) is 1. The van der Waals surface area contributed by atoms with Gasteiger partial charge in [0.25, 0.3) is 5.91 Å². The van der Waals surface area contributed by atoms with Crippen LogP contribution in [0.5, 0.6) is 0 Å². The molecule has 0 spiro atoms. The van der Waals surface area contributed by atoms with Gasteiger partial charge in [-0.2, -0.15) is 0 Å². The predicted molar refractivity (Wildman–Crippen MR) is 67.0 cm³/mol. The summed E-state index contributed by atoms with van der Waals surface area (Å²) < 4.78 is 5.20. The minimum atomic E-state index is -0.663. The smallest absolute Gasteiger partial charge is 0.338 e. The number of carbonyl (C=O) groups excluding carboxylic acids is 2. The van der Waals surface area contributed by atoms with Gasteiger partial charge in [0.2, 0.25) is 0 Å². The Morgan fingerprint density at radius 3 is 2.72 bits per heavy atom. The number of rotatable bonds is 2. The molecule has 5 nitrogen and oxygen atoms in total. The van der Waals surface area contributed by atoms with Crippen LogP contribution in [-0.2, 0) is 9.53 Å². The van der Waals surface area contributed by atoms with Crippen molar-refractivity contribution >= 4 is 17.6 Å². The van der Waals surface area contributed by atoms with Crippen molar-refractivity contribution in [2.75, 3.05) is 19.3 Å². The van der Waals surface area contributed by atoms with Gasteiger partial charge in [0.15, 0.2) is 6.10 Å². The molecule has 1 aromatic carbocycles. The van der Waals surface area contributed by atoms with Crippen LogP contribution in [0.15, 0.2) is 18.2 Å². The standard InChI is InChI=1S/C13H16N2O3/c1-8-5-9(7-10(14)6-8)13(17)18-11-3-4-15(2)12(11)16/h5-7,11H,3-4,14H2,1-2H3. The van der Waals surface area contributed by atoms with Crippen molar-refractivity contribution in [1.29, 1.82) is 0 Å². The van der Waals surface area contributed by atoms with Crippen LogP contribution in [0.2, 0.25) is 0 Å². The van der Waals surface area contributed by atoms with E-state index >= 15 is 0 Å². The van der Waals surface area contributed by atoms with Gasteiger partial charge in [0.05, 0.1) is 5.56 Å². The summed E-state index contributed by atoms with van der Waals surface area (Å²) in [6.45, 7) is 2.47. The summed E-state index contributed by atoms with van der Waals surface area (Å²) in [5.41, 5.74) is 7.45. The fraction of sp³-hybridized carbons (Fsp3) is 0.385. The highest BCUT2D eigenvalue weighted by Gasteiger charge is 2.32. The van der Waals surface area contributed by atoms with Crippen LogP contribution in [0.4, 0.5) is 5.69 Å². The highest BCUT2D eigenvalue weighted by atomic mass is 16.5. The number of likely N-dealkylation sites (tertiary alicyclic amines) is 1. The minimum absolute atomic E-state index is 0.149. The highest BCUT2D eigenvalue weighted by molar-refractivity contribution is 5.93. The third-order valence-corrected chi connectivity index (χ3v) is 2.96. The molecule has 1 aliphatic rings. The molecule has 2 N–H and O–H groups in total. The second-order valence-corrected chi connectivity index (χ2v) is 4.57. The molecule has 0 aliphatic carbocycles. The number of esters is 1. The number of nitrogens with two attached hydrogens (primary N) is 1. The minimum Gasteiger partial charge on any atom is -0.449 e. The van der Waals surface area contributed by atoms with Gasteiger partial charge in [0.1, 0.15) is 0 Å². The summed E-state index contributed by atoms with van der Waals surface area (Å²) in [6.07, 6.45) is -0.119. The van der Waals surface area contributed by atoms with Crippen LogP contribution in [-0.4, -0.2) is 36.5 Å². The fourth-order valence-corrected chi connectivity index (χ4v) is 2.03. The highest BCUT2D eigenvalue weighted by Crippen LogP contribution is 2.17. The van der Waals surface area contributed by atoms with E-state index in [1.54, 1.807) is 30.1 Å². The Hall–Kier alpha value is -2.04. The zero-order chi connectivity index (χ0) is 13.3. The lowest BCUT2D eigenvalue weighted by Crippen LogP contribution is -2.29. The number of anilines is 1. The maximum absolute atomic E-state index is 11.9. The van der Waals surface area contributed by atoms with Crippen LogP contribution < -0.4 is 5.73 Å². The molecule has 0 bridgehead atoms. The van der Waals surface area contributed by atoms with E-state index in [1.165, 1.54) is 0 Å². The van der Waals surface area contributed by atoms with Gasteiger partial charge in [-0.1, -0.05) is 0 Å². The van der Waals surface area contributed by atoms with Gasteiger partial charge < -0.3 is 15.4 Å². The molecule has 1 saturated heterocycles. The maximum Gasteiger partial charge on any atom is 0.338 e. The first-order chi connectivity index (χ1) is 8.47. The molecule has 0 aromatic heterocycles. The average molecular weight is 248 g/mol. The molecule has 1 heterocycles. The Morgan fingerprint density at radius 2 is 2.17 bits per heavy atom. The monoisotopic (exact) mass is 248 g/mol. The van der Waals surface area contributed by atoms with E-state index < -0.39 is 12.1 Å². The van der Waals surface area contributed by atoms with Crippen LogP contribution in [0, 0.1) is 6.92 Å².